The molecule has 1 aromatic heterocycles. The van der Waals surface area contributed by atoms with E-state index in [2.05, 4.69) is 21.5 Å². The lowest BCUT2D eigenvalue weighted by Gasteiger charge is -2.28. The Morgan fingerprint density at radius 3 is 2.61 bits per heavy atom. The van der Waals surface area contributed by atoms with Crippen molar-refractivity contribution in [2.75, 3.05) is 0 Å². The molecule has 152 valence electrons. The lowest BCUT2D eigenvalue weighted by Crippen LogP contribution is -2.27. The Labute approximate surface area is 179 Å². The maximum absolute atomic E-state index is 13.7. The third-order valence-electron chi connectivity index (χ3n) is 5.15. The van der Waals surface area contributed by atoms with Crippen molar-refractivity contribution in [2.45, 2.75) is 13.1 Å². The van der Waals surface area contributed by atoms with E-state index in [1.807, 2.05) is 66.7 Å². The van der Waals surface area contributed by atoms with Crippen LogP contribution in [0.15, 0.2) is 79.0 Å². The van der Waals surface area contributed by atoms with Gasteiger partial charge < -0.3 is 4.52 Å². The number of nitriles is 1. The molecule has 2 heterocycles. The van der Waals surface area contributed by atoms with E-state index in [0.717, 1.165) is 16.7 Å². The molecule has 8 heteroatoms. The van der Waals surface area contributed by atoms with Crippen molar-refractivity contribution in [2.24, 2.45) is 0 Å². The molecule has 1 N–H and O–H groups in total. The molecule has 0 saturated carbocycles. The molecule has 1 aliphatic heterocycles. The summed E-state index contributed by atoms with van der Waals surface area (Å²) in [4.78, 5) is 0. The second-order valence-corrected chi connectivity index (χ2v) is 9.25. The first kappa shape index (κ1) is 19.3. The van der Waals surface area contributed by atoms with Gasteiger partial charge in [-0.05, 0) is 23.8 Å². The highest BCUT2D eigenvalue weighted by atomic mass is 31.2. The lowest BCUT2D eigenvalue weighted by atomic mass is 10.0. The standard InChI is InChI=1S/C23H18N5O2P/c24-13-17-7-1-2-8-18(17)15-28-16-19(26-27-28)14-25-31(29)23-12-6-4-10-21(23)20-9-3-5-11-22(20)30-31/h1-12,16H,14-15H2,(H,25,29). The van der Waals surface area contributed by atoms with Gasteiger partial charge in [0.15, 0.2) is 0 Å². The number of fused-ring (bicyclic) bond motifs is 3. The van der Waals surface area contributed by atoms with E-state index < -0.39 is 7.52 Å². The molecule has 0 saturated heterocycles. The monoisotopic (exact) mass is 427 g/mol. The molecule has 0 amide bonds. The van der Waals surface area contributed by atoms with Gasteiger partial charge >= 0.3 is 7.52 Å². The van der Waals surface area contributed by atoms with Gasteiger partial charge in [0.2, 0.25) is 0 Å². The predicted molar refractivity (Wildman–Crippen MR) is 117 cm³/mol. The molecule has 31 heavy (non-hydrogen) atoms. The second kappa shape index (κ2) is 7.84. The zero-order valence-corrected chi connectivity index (χ0v) is 17.4. The van der Waals surface area contributed by atoms with E-state index in [-0.39, 0.29) is 6.54 Å². The van der Waals surface area contributed by atoms with Crippen LogP contribution in [0, 0.1) is 11.3 Å². The average molecular weight is 427 g/mol. The van der Waals surface area contributed by atoms with E-state index in [0.29, 0.717) is 28.9 Å². The number of nitrogens with one attached hydrogen (secondary N) is 1. The molecule has 0 spiro atoms. The third kappa shape index (κ3) is 3.64. The summed E-state index contributed by atoms with van der Waals surface area (Å²) in [5.74, 6) is 0.591. The largest absolute Gasteiger partial charge is 0.429 e. The van der Waals surface area contributed by atoms with Crippen molar-refractivity contribution in [1.29, 1.82) is 5.26 Å². The number of benzene rings is 3. The lowest BCUT2D eigenvalue weighted by molar-refractivity contribution is 0.476. The second-order valence-electron chi connectivity index (χ2n) is 7.17. The maximum Gasteiger partial charge on any atom is 0.347 e. The summed E-state index contributed by atoms with van der Waals surface area (Å²) in [5.41, 5.74) is 3.92. The van der Waals surface area contributed by atoms with Crippen molar-refractivity contribution in [3.63, 3.8) is 0 Å². The topological polar surface area (TPSA) is 92.8 Å². The van der Waals surface area contributed by atoms with Crippen molar-refractivity contribution >= 4 is 12.8 Å². The maximum atomic E-state index is 13.7. The van der Waals surface area contributed by atoms with Crippen molar-refractivity contribution in [3.05, 3.63) is 95.8 Å². The fourth-order valence-corrected chi connectivity index (χ4v) is 5.59. The smallest absolute Gasteiger partial charge is 0.347 e. The number of para-hydroxylation sites is 1. The molecule has 5 rings (SSSR count). The van der Waals surface area contributed by atoms with E-state index in [9.17, 15) is 9.83 Å². The highest BCUT2D eigenvalue weighted by Gasteiger charge is 2.35. The van der Waals surface area contributed by atoms with Gasteiger partial charge in [0, 0.05) is 11.1 Å². The molecule has 1 unspecified atom stereocenters. The number of hydrogen-bond donors (Lipinski definition) is 1. The number of rotatable bonds is 5. The molecule has 0 radical (unpaired) electrons. The van der Waals surface area contributed by atoms with E-state index in [1.54, 1.807) is 16.9 Å². The minimum absolute atomic E-state index is 0.230. The molecular weight excluding hydrogens is 409 g/mol. The number of hydrogen-bond acceptors (Lipinski definition) is 5. The Balaban J connectivity index is 1.36. The van der Waals surface area contributed by atoms with Crippen molar-refractivity contribution in [1.82, 2.24) is 20.1 Å². The van der Waals surface area contributed by atoms with Crippen LogP contribution in [0.5, 0.6) is 5.75 Å². The quantitative estimate of drug-likeness (QED) is 0.486. The molecule has 3 aromatic carbocycles. The number of aromatic nitrogens is 3. The summed E-state index contributed by atoms with van der Waals surface area (Å²) in [6, 6.07) is 24.7. The van der Waals surface area contributed by atoms with Gasteiger partial charge in [0.05, 0.1) is 41.9 Å². The SMILES string of the molecule is N#Cc1ccccc1Cn1cc(CNP2(=O)Oc3ccccc3-c3ccccc32)nn1. The predicted octanol–water partition coefficient (Wildman–Crippen LogP) is 3.87. The van der Waals surface area contributed by atoms with Gasteiger partial charge in [-0.3, -0.25) is 4.57 Å². The Hall–Kier alpha value is -3.72. The number of nitrogens with zero attached hydrogens (tertiary/aromatic N) is 4. The van der Waals surface area contributed by atoms with Crippen LogP contribution in [0.2, 0.25) is 0 Å². The molecule has 1 aliphatic rings. The van der Waals surface area contributed by atoms with Crippen LogP contribution in [-0.2, 0) is 17.7 Å². The zero-order chi connectivity index (χ0) is 21.3. The molecule has 4 aromatic rings. The molecule has 0 bridgehead atoms. The minimum Gasteiger partial charge on any atom is -0.429 e. The van der Waals surface area contributed by atoms with E-state index in [4.69, 9.17) is 4.52 Å². The summed E-state index contributed by atoms with van der Waals surface area (Å²) in [6.07, 6.45) is 1.77. The summed E-state index contributed by atoms with van der Waals surface area (Å²) < 4.78 is 21.4. The fraction of sp³-hybridized carbons (Fsp3) is 0.0870. The average Bonchev–Trinajstić information content (AvgIpc) is 3.26. The van der Waals surface area contributed by atoms with Gasteiger partial charge in [-0.15, -0.1) is 5.10 Å². The Kier molecular flexibility index (Phi) is 4.87. The Morgan fingerprint density at radius 1 is 1.00 bits per heavy atom. The fourth-order valence-electron chi connectivity index (χ4n) is 3.66. The van der Waals surface area contributed by atoms with Crippen molar-refractivity contribution < 1.29 is 9.09 Å². The summed E-state index contributed by atoms with van der Waals surface area (Å²) in [7, 11) is -3.34. The molecule has 0 fully saturated rings. The van der Waals surface area contributed by atoms with Gasteiger partial charge in [-0.2, -0.15) is 5.26 Å². The first-order valence-electron chi connectivity index (χ1n) is 9.77. The highest BCUT2D eigenvalue weighted by Crippen LogP contribution is 2.51. The van der Waals surface area contributed by atoms with Crippen molar-refractivity contribution in [3.8, 4) is 22.9 Å². The van der Waals surface area contributed by atoms with Crippen LogP contribution in [-0.4, -0.2) is 15.0 Å². The first-order chi connectivity index (χ1) is 15.2. The molecule has 0 aliphatic carbocycles. The Bertz CT molecular complexity index is 1360. The summed E-state index contributed by atoms with van der Waals surface area (Å²) >= 11 is 0. The first-order valence-corrected chi connectivity index (χ1v) is 11.4. The van der Waals surface area contributed by atoms with Gasteiger partial charge in [-0.25, -0.2) is 9.77 Å². The van der Waals surface area contributed by atoms with Crippen LogP contribution in [0.1, 0.15) is 16.8 Å². The van der Waals surface area contributed by atoms with Gasteiger partial charge in [0.1, 0.15) is 5.75 Å². The highest BCUT2D eigenvalue weighted by molar-refractivity contribution is 7.65. The summed E-state index contributed by atoms with van der Waals surface area (Å²) in [6.45, 7) is 0.661. The van der Waals surface area contributed by atoms with Gasteiger partial charge in [-0.1, -0.05) is 59.8 Å². The van der Waals surface area contributed by atoms with Crippen LogP contribution in [0.3, 0.4) is 0 Å². The third-order valence-corrected chi connectivity index (χ3v) is 7.20. The summed E-state index contributed by atoms with van der Waals surface area (Å²) in [5, 5.41) is 21.3. The normalized spacial score (nSPS) is 16.6. The van der Waals surface area contributed by atoms with Crippen LogP contribution >= 0.6 is 7.52 Å². The van der Waals surface area contributed by atoms with E-state index in [1.165, 1.54) is 0 Å². The molecule has 7 nitrogen and oxygen atoms in total. The Morgan fingerprint density at radius 2 is 1.74 bits per heavy atom. The van der Waals surface area contributed by atoms with Crippen LogP contribution in [0.4, 0.5) is 0 Å². The van der Waals surface area contributed by atoms with E-state index >= 15 is 0 Å². The minimum atomic E-state index is -3.34. The van der Waals surface area contributed by atoms with Crippen LogP contribution in [0.25, 0.3) is 11.1 Å². The zero-order valence-electron chi connectivity index (χ0n) is 16.5. The molecule has 1 atom stereocenters. The van der Waals surface area contributed by atoms with Crippen LogP contribution < -0.4 is 14.9 Å². The van der Waals surface area contributed by atoms with Gasteiger partial charge in [0.25, 0.3) is 0 Å². The molecular formula is C23H18N5O2P.